The number of unbranched alkanes of at least 4 members (excludes halogenated alkanes) is 11. The van der Waals surface area contributed by atoms with E-state index >= 15 is 0 Å². The second-order valence-electron chi connectivity index (χ2n) is 9.77. The monoisotopic (exact) mass is 536 g/mol. The zero-order valence-corrected chi connectivity index (χ0v) is 23.9. The van der Waals surface area contributed by atoms with Crippen molar-refractivity contribution in [1.29, 1.82) is 0 Å². The van der Waals surface area contributed by atoms with Crippen molar-refractivity contribution < 1.29 is 40.5 Å². The van der Waals surface area contributed by atoms with Crippen molar-refractivity contribution in [2.75, 3.05) is 61.0 Å². The number of hydrogen-bond donors (Lipinski definition) is 0. The van der Waals surface area contributed by atoms with Crippen molar-refractivity contribution in [2.24, 2.45) is 0 Å². The molecule has 0 aromatic rings. The van der Waals surface area contributed by atoms with Crippen molar-refractivity contribution in [3.63, 3.8) is 0 Å². The van der Waals surface area contributed by atoms with Crippen molar-refractivity contribution in [3.8, 4) is 0 Å². The van der Waals surface area contributed by atoms with Crippen LogP contribution in [0.5, 0.6) is 0 Å². The molecule has 0 aliphatic carbocycles. The Hall–Kier alpha value is -0.660. The van der Waals surface area contributed by atoms with Gasteiger partial charge in [0.05, 0.1) is 54.2 Å². The van der Waals surface area contributed by atoms with Gasteiger partial charge in [-0.15, -0.1) is 0 Å². The Morgan fingerprint density at radius 1 is 0.636 bits per heavy atom. The highest BCUT2D eigenvalue weighted by Crippen LogP contribution is 2.13. The lowest BCUT2D eigenvalue weighted by atomic mass is 10.1. The molecule has 0 saturated carbocycles. The third kappa shape index (κ3) is 22.9. The number of quaternary nitrogens is 1. The molecule has 0 rings (SSSR count). The van der Waals surface area contributed by atoms with Crippen LogP contribution in [-0.4, -0.2) is 82.4 Å². The summed E-state index contributed by atoms with van der Waals surface area (Å²) >= 11 is 0. The summed E-state index contributed by atoms with van der Waals surface area (Å²) in [4.78, 5) is 25.2. The van der Waals surface area contributed by atoms with Gasteiger partial charge in [-0.2, -0.15) is 0 Å². The number of carbonyl (C=O) groups excluding carboxylic acids is 2. The molecule has 6 nitrogen and oxygen atoms in total. The summed E-state index contributed by atoms with van der Waals surface area (Å²) in [5.41, 5.74) is 0. The average Bonchev–Trinajstić information content (AvgIpc) is 2.78. The molecule has 7 heteroatoms. The van der Waals surface area contributed by atoms with Gasteiger partial charge in [-0.05, 0) is 12.8 Å². The number of ether oxygens (including phenoxy) is 2. The summed E-state index contributed by atoms with van der Waals surface area (Å²) in [5, 5.41) is 0. The molecule has 0 aromatic carbocycles. The van der Waals surface area contributed by atoms with E-state index in [1.807, 2.05) is 0 Å². The van der Waals surface area contributed by atoms with Gasteiger partial charge in [0.25, 0.3) is 0 Å². The van der Waals surface area contributed by atoms with Gasteiger partial charge >= 0.3 is 11.9 Å². The Morgan fingerprint density at radius 3 is 1.42 bits per heavy atom. The fourth-order valence-electron chi connectivity index (χ4n) is 3.94. The van der Waals surface area contributed by atoms with Crippen molar-refractivity contribution in [2.45, 2.75) is 96.8 Å². The van der Waals surface area contributed by atoms with Crippen molar-refractivity contribution in [3.05, 3.63) is 0 Å². The maximum Gasteiger partial charge on any atom is 0.306 e. The Balaban J connectivity index is 0. The lowest BCUT2D eigenvalue weighted by molar-refractivity contribution is -0.890. The van der Waals surface area contributed by atoms with Crippen LogP contribution in [0.4, 0.5) is 0 Å². The number of carbonyl (C=O) groups is 2. The maximum atomic E-state index is 11.5. The molecule has 0 aliphatic rings. The molecular formula is C26H53BrN2O4. The average molecular weight is 538 g/mol. The summed E-state index contributed by atoms with van der Waals surface area (Å²) in [6.45, 7) is 6.53. The molecular weight excluding hydrogens is 484 g/mol. The largest absolute Gasteiger partial charge is 1.00 e. The molecule has 0 heterocycles. The van der Waals surface area contributed by atoms with Gasteiger partial charge in [0.2, 0.25) is 0 Å². The Bertz CT molecular complexity index is 455. The van der Waals surface area contributed by atoms with Crippen LogP contribution in [0.25, 0.3) is 0 Å². The van der Waals surface area contributed by atoms with Gasteiger partial charge < -0.3 is 30.9 Å². The van der Waals surface area contributed by atoms with Gasteiger partial charge in [0, 0.05) is 19.6 Å². The quantitative estimate of drug-likeness (QED) is 0.120. The molecule has 0 unspecified atom stereocenters. The van der Waals surface area contributed by atoms with Crippen LogP contribution in [0.3, 0.4) is 0 Å². The zero-order valence-electron chi connectivity index (χ0n) is 22.3. The number of hydrogen-bond acceptors (Lipinski definition) is 5. The number of rotatable bonds is 22. The third-order valence-electron chi connectivity index (χ3n) is 6.36. The van der Waals surface area contributed by atoms with Gasteiger partial charge in [0.1, 0.15) is 0 Å². The summed E-state index contributed by atoms with van der Waals surface area (Å²) in [5.74, 6) is -0.420. The van der Waals surface area contributed by atoms with E-state index in [4.69, 9.17) is 9.47 Å². The Morgan fingerprint density at radius 2 is 1.03 bits per heavy atom. The Kier molecular flexibility index (Phi) is 24.2. The molecule has 0 saturated heterocycles. The molecule has 0 radical (unpaired) electrons. The highest BCUT2D eigenvalue weighted by atomic mass is 79.9. The van der Waals surface area contributed by atoms with E-state index in [1.165, 1.54) is 97.8 Å². The summed E-state index contributed by atoms with van der Waals surface area (Å²) < 4.78 is 10.5. The first-order valence-electron chi connectivity index (χ1n) is 13.0. The SMILES string of the molecule is CCCCCCCCCCCCCC[N+](C)(C)CCN(CCC(=O)OC)CCC(=O)OC.[Br-]. The molecule has 0 spiro atoms. The van der Waals surface area contributed by atoms with E-state index in [0.29, 0.717) is 25.9 Å². The minimum atomic E-state index is -0.210. The second-order valence-corrected chi connectivity index (χ2v) is 9.77. The van der Waals surface area contributed by atoms with Crippen LogP contribution < -0.4 is 17.0 Å². The molecule has 0 atom stereocenters. The zero-order chi connectivity index (χ0) is 24.1. The lowest BCUT2D eigenvalue weighted by Crippen LogP contribution is -3.00. The molecule has 33 heavy (non-hydrogen) atoms. The van der Waals surface area contributed by atoms with Crippen molar-refractivity contribution >= 4 is 11.9 Å². The molecule has 0 bridgehead atoms. The Labute approximate surface area is 215 Å². The molecule has 198 valence electrons. The van der Waals surface area contributed by atoms with Gasteiger partial charge in [-0.25, -0.2) is 0 Å². The van der Waals surface area contributed by atoms with Crippen LogP contribution in [-0.2, 0) is 19.1 Å². The number of halogens is 1. The maximum absolute atomic E-state index is 11.5. The van der Waals surface area contributed by atoms with Crippen LogP contribution in [0.15, 0.2) is 0 Å². The highest BCUT2D eigenvalue weighted by Gasteiger charge is 2.18. The minimum absolute atomic E-state index is 0. The lowest BCUT2D eigenvalue weighted by Gasteiger charge is -2.32. The van der Waals surface area contributed by atoms with E-state index in [-0.39, 0.29) is 28.9 Å². The van der Waals surface area contributed by atoms with Crippen LogP contribution >= 0.6 is 0 Å². The normalized spacial score (nSPS) is 11.3. The molecule has 0 fully saturated rings. The molecule has 0 aliphatic heterocycles. The highest BCUT2D eigenvalue weighted by molar-refractivity contribution is 5.70. The molecule has 0 aromatic heterocycles. The van der Waals surface area contributed by atoms with E-state index in [1.54, 1.807) is 0 Å². The smallest absolute Gasteiger partial charge is 0.306 e. The van der Waals surface area contributed by atoms with E-state index < -0.39 is 0 Å². The first-order chi connectivity index (χ1) is 15.3. The topological polar surface area (TPSA) is 55.8 Å². The second kappa shape index (κ2) is 23.1. The summed E-state index contributed by atoms with van der Waals surface area (Å²) in [6.07, 6.45) is 17.2. The van der Waals surface area contributed by atoms with Crippen LogP contribution in [0.1, 0.15) is 96.8 Å². The summed E-state index contributed by atoms with van der Waals surface area (Å²) in [6, 6.07) is 0. The van der Waals surface area contributed by atoms with Gasteiger partial charge in [-0.3, -0.25) is 14.5 Å². The number of methoxy groups -OCH3 is 2. The number of likely N-dealkylation sites (N-methyl/N-ethyl adjacent to an activating group) is 1. The van der Waals surface area contributed by atoms with Crippen molar-refractivity contribution in [1.82, 2.24) is 4.90 Å². The first kappa shape index (κ1) is 34.5. The fraction of sp³-hybridized carbons (Fsp3) is 0.923. The van der Waals surface area contributed by atoms with Gasteiger partial charge in [0.15, 0.2) is 0 Å². The minimum Gasteiger partial charge on any atom is -1.00 e. The van der Waals surface area contributed by atoms with E-state index in [2.05, 4.69) is 25.9 Å². The number of esters is 2. The predicted octanol–water partition coefficient (Wildman–Crippen LogP) is 2.20. The van der Waals surface area contributed by atoms with E-state index in [9.17, 15) is 9.59 Å². The van der Waals surface area contributed by atoms with Crippen LogP contribution in [0.2, 0.25) is 0 Å². The molecule has 0 amide bonds. The first-order valence-corrected chi connectivity index (χ1v) is 13.0. The fourth-order valence-corrected chi connectivity index (χ4v) is 3.94. The summed E-state index contributed by atoms with van der Waals surface area (Å²) in [7, 11) is 7.38. The molecule has 0 N–H and O–H groups in total. The standard InChI is InChI=1S/C26H53N2O4.BrH/c1-6-7-8-9-10-11-12-13-14-15-16-17-23-28(2,3)24-22-27(20-18-25(29)31-4)21-19-26(30)32-5;/h6-24H2,1-5H3;1H/q+1;/p-1. The predicted molar refractivity (Wildman–Crippen MR) is 133 cm³/mol. The number of nitrogens with zero attached hydrogens (tertiary/aromatic N) is 2. The van der Waals surface area contributed by atoms with Crippen LogP contribution in [0, 0.1) is 0 Å². The van der Waals surface area contributed by atoms with Gasteiger partial charge in [-0.1, -0.05) is 71.1 Å². The van der Waals surface area contributed by atoms with E-state index in [0.717, 1.165) is 17.6 Å². The third-order valence-corrected chi connectivity index (χ3v) is 6.36.